The summed E-state index contributed by atoms with van der Waals surface area (Å²) in [5.74, 6) is 0. The van der Waals surface area contributed by atoms with Gasteiger partial charge in [-0.2, -0.15) is 0 Å². The van der Waals surface area contributed by atoms with Crippen molar-refractivity contribution in [3.05, 3.63) is 90.0 Å². The lowest BCUT2D eigenvalue weighted by molar-refractivity contribution is 0.724. The molecule has 1 aromatic heterocycles. The second-order valence-corrected chi connectivity index (χ2v) is 13.5. The van der Waals surface area contributed by atoms with Crippen molar-refractivity contribution < 1.29 is 0 Å². The third kappa shape index (κ3) is 3.29. The molecule has 0 saturated heterocycles. The maximum Gasteiger partial charge on any atom is 0.154 e. The minimum Gasteiger partial charge on any atom is -0.357 e. The fraction of sp³-hybridized carbons (Fsp3) is 0.238. The third-order valence-corrected chi connectivity index (χ3v) is 7.75. The van der Waals surface area contributed by atoms with E-state index in [1.165, 1.54) is 11.1 Å². The van der Waals surface area contributed by atoms with Gasteiger partial charge in [-0.1, -0.05) is 92.1 Å². The molecule has 132 valence electrons. The lowest BCUT2D eigenvalue weighted by Gasteiger charge is -2.21. The number of hydrogen-bond acceptors (Lipinski definition) is 3. The highest BCUT2D eigenvalue weighted by Gasteiger charge is 2.35. The number of hydrogen-bond donors (Lipinski definition) is 0. The number of rotatable bonds is 4. The highest BCUT2D eigenvalue weighted by Crippen LogP contribution is 2.49. The first-order valence-corrected chi connectivity index (χ1v) is 13.2. The Hall–Kier alpha value is -2.11. The van der Waals surface area contributed by atoms with Gasteiger partial charge in [0.1, 0.15) is 5.04 Å². The van der Waals surface area contributed by atoms with Gasteiger partial charge in [-0.3, -0.25) is 4.99 Å². The quantitative estimate of drug-likeness (QED) is 0.559. The van der Waals surface area contributed by atoms with Crippen LogP contribution in [0.1, 0.15) is 28.1 Å². The van der Waals surface area contributed by atoms with Gasteiger partial charge < -0.3 is 4.23 Å². The lowest BCUT2D eigenvalue weighted by atomic mass is 9.99. The molecule has 1 aliphatic rings. The van der Waals surface area contributed by atoms with E-state index in [0.717, 1.165) is 10.7 Å². The van der Waals surface area contributed by atoms with Gasteiger partial charge in [0, 0.05) is 0 Å². The third-order valence-electron chi connectivity index (χ3n) is 4.63. The number of aromatic nitrogens is 2. The maximum absolute atomic E-state index is 5.17. The normalized spacial score (nSPS) is 20.2. The van der Waals surface area contributed by atoms with Gasteiger partial charge >= 0.3 is 0 Å². The SMILES string of the molecule is C[Si](C)(C)n1cncc1C1=NC(c2ccccc2)C(c2ccccc2)S1. The first kappa shape index (κ1) is 17.3. The summed E-state index contributed by atoms with van der Waals surface area (Å²) in [6.07, 6.45) is 3.94. The second-order valence-electron chi connectivity index (χ2n) is 7.56. The van der Waals surface area contributed by atoms with Gasteiger partial charge in [0.15, 0.2) is 8.24 Å². The molecule has 0 radical (unpaired) electrons. The fourth-order valence-corrected chi connectivity index (χ4v) is 6.02. The van der Waals surface area contributed by atoms with Crippen molar-refractivity contribution in [2.75, 3.05) is 0 Å². The van der Waals surface area contributed by atoms with Crippen LogP contribution in [0.15, 0.2) is 78.2 Å². The van der Waals surface area contributed by atoms with Crippen molar-refractivity contribution >= 4 is 25.0 Å². The van der Waals surface area contributed by atoms with E-state index in [1.54, 1.807) is 0 Å². The minimum atomic E-state index is -1.54. The molecule has 2 aromatic carbocycles. The van der Waals surface area contributed by atoms with E-state index in [9.17, 15) is 0 Å². The first-order chi connectivity index (χ1) is 12.5. The Bertz CT molecular complexity index is 913. The smallest absolute Gasteiger partial charge is 0.154 e. The molecule has 0 spiro atoms. The summed E-state index contributed by atoms with van der Waals surface area (Å²) in [5.41, 5.74) is 3.75. The number of aliphatic imine (C=N–C) groups is 1. The van der Waals surface area contributed by atoms with Crippen molar-refractivity contribution in [2.45, 2.75) is 30.9 Å². The zero-order chi connectivity index (χ0) is 18.1. The monoisotopic (exact) mass is 377 g/mol. The van der Waals surface area contributed by atoms with E-state index in [0.29, 0.717) is 5.25 Å². The van der Waals surface area contributed by atoms with Gasteiger partial charge in [-0.25, -0.2) is 4.98 Å². The molecular weight excluding hydrogens is 354 g/mol. The number of nitrogens with zero attached hydrogens (tertiary/aromatic N) is 3. The van der Waals surface area contributed by atoms with Crippen molar-refractivity contribution in [1.82, 2.24) is 9.22 Å². The average Bonchev–Trinajstić information content (AvgIpc) is 3.30. The summed E-state index contributed by atoms with van der Waals surface area (Å²) in [7, 11) is -1.54. The predicted octanol–water partition coefficient (Wildman–Crippen LogP) is 5.54. The molecule has 0 N–H and O–H groups in total. The summed E-state index contributed by atoms with van der Waals surface area (Å²) >= 11 is 1.87. The summed E-state index contributed by atoms with van der Waals surface area (Å²) in [6, 6.07) is 21.5. The minimum absolute atomic E-state index is 0.128. The Kier molecular flexibility index (Phi) is 4.59. The maximum atomic E-state index is 5.17. The molecule has 3 aromatic rings. The van der Waals surface area contributed by atoms with Crippen LogP contribution in [0, 0.1) is 0 Å². The summed E-state index contributed by atoms with van der Waals surface area (Å²) in [6.45, 7) is 7.01. The van der Waals surface area contributed by atoms with Crippen LogP contribution in [0.5, 0.6) is 0 Å². The molecule has 0 amide bonds. The molecule has 26 heavy (non-hydrogen) atoms. The highest BCUT2D eigenvalue weighted by molar-refractivity contribution is 8.14. The van der Waals surface area contributed by atoms with Crippen LogP contribution in [-0.2, 0) is 0 Å². The zero-order valence-corrected chi connectivity index (χ0v) is 17.1. The Morgan fingerprint density at radius 2 is 1.50 bits per heavy atom. The van der Waals surface area contributed by atoms with Crippen LogP contribution in [0.4, 0.5) is 0 Å². The number of benzene rings is 2. The van der Waals surface area contributed by atoms with Gasteiger partial charge in [0.2, 0.25) is 0 Å². The Labute approximate surface area is 160 Å². The molecule has 1 aliphatic heterocycles. The van der Waals surface area contributed by atoms with E-state index in [4.69, 9.17) is 4.99 Å². The topological polar surface area (TPSA) is 30.2 Å². The predicted molar refractivity (Wildman–Crippen MR) is 113 cm³/mol. The van der Waals surface area contributed by atoms with Crippen LogP contribution >= 0.6 is 11.8 Å². The number of imidazole rings is 1. The molecule has 2 unspecified atom stereocenters. The molecule has 2 heterocycles. The van der Waals surface area contributed by atoms with Crippen LogP contribution in [0.3, 0.4) is 0 Å². The summed E-state index contributed by atoms with van der Waals surface area (Å²) in [5, 5.41) is 1.39. The first-order valence-electron chi connectivity index (χ1n) is 8.91. The van der Waals surface area contributed by atoms with Crippen LogP contribution < -0.4 is 0 Å². The van der Waals surface area contributed by atoms with E-state index >= 15 is 0 Å². The van der Waals surface area contributed by atoms with Gasteiger partial charge in [0.25, 0.3) is 0 Å². The van der Waals surface area contributed by atoms with Crippen LogP contribution in [0.2, 0.25) is 19.6 Å². The van der Waals surface area contributed by atoms with Crippen molar-refractivity contribution in [3.8, 4) is 0 Å². The number of thioether (sulfide) groups is 1. The van der Waals surface area contributed by atoms with Crippen LogP contribution in [-0.4, -0.2) is 22.5 Å². The molecular formula is C21H23N3SSi. The zero-order valence-electron chi connectivity index (χ0n) is 15.3. The van der Waals surface area contributed by atoms with Gasteiger partial charge in [-0.15, -0.1) is 0 Å². The molecule has 5 heteroatoms. The van der Waals surface area contributed by atoms with E-state index in [1.807, 2.05) is 24.3 Å². The summed E-state index contributed by atoms with van der Waals surface area (Å²) in [4.78, 5) is 9.61. The highest BCUT2D eigenvalue weighted by atomic mass is 32.2. The van der Waals surface area contributed by atoms with E-state index < -0.39 is 8.24 Å². The van der Waals surface area contributed by atoms with E-state index in [2.05, 4.69) is 89.5 Å². The fourth-order valence-electron chi connectivity index (χ4n) is 3.32. The molecule has 4 rings (SSSR count). The van der Waals surface area contributed by atoms with Crippen molar-refractivity contribution in [3.63, 3.8) is 0 Å². The van der Waals surface area contributed by atoms with Crippen molar-refractivity contribution in [1.29, 1.82) is 0 Å². The lowest BCUT2D eigenvalue weighted by Crippen LogP contribution is -2.33. The Morgan fingerprint density at radius 3 is 2.12 bits per heavy atom. The van der Waals surface area contributed by atoms with Crippen LogP contribution in [0.25, 0.3) is 0 Å². The van der Waals surface area contributed by atoms with Crippen molar-refractivity contribution in [2.24, 2.45) is 4.99 Å². The second kappa shape index (κ2) is 6.89. The molecule has 3 nitrogen and oxygen atoms in total. The molecule has 0 fully saturated rings. The molecule has 0 saturated carbocycles. The standard InChI is InChI=1S/C21H23N3SSi/c1-26(2,3)24-15-22-14-18(24)21-23-19(16-10-6-4-7-11-16)20(25-21)17-12-8-5-9-13-17/h4-15,19-20H,1-3H3. The van der Waals surface area contributed by atoms with E-state index in [-0.39, 0.29) is 6.04 Å². The molecule has 2 atom stereocenters. The largest absolute Gasteiger partial charge is 0.357 e. The van der Waals surface area contributed by atoms with Gasteiger partial charge in [-0.05, 0) is 11.1 Å². The van der Waals surface area contributed by atoms with Gasteiger partial charge in [0.05, 0.1) is 29.5 Å². The Morgan fingerprint density at radius 1 is 0.885 bits per heavy atom. The molecule has 0 aliphatic carbocycles. The molecule has 0 bridgehead atoms. The summed E-state index contributed by atoms with van der Waals surface area (Å²) < 4.78 is 2.36. The average molecular weight is 378 g/mol. The Balaban J connectivity index is 1.77.